The van der Waals surface area contributed by atoms with Gasteiger partial charge >= 0.3 is 0 Å². The summed E-state index contributed by atoms with van der Waals surface area (Å²) in [7, 11) is 0. The lowest BCUT2D eigenvalue weighted by molar-refractivity contribution is -0.116. The molecule has 1 amide bonds. The molecule has 1 heterocycles. The number of carbonyl (C=O) groups excluding carboxylic acids is 1. The average Bonchev–Trinajstić information content (AvgIpc) is 2.79. The van der Waals surface area contributed by atoms with E-state index in [-0.39, 0.29) is 11.3 Å². The predicted octanol–water partition coefficient (Wildman–Crippen LogP) is 2.80. The van der Waals surface area contributed by atoms with E-state index < -0.39 is 0 Å². The first-order chi connectivity index (χ1) is 9.40. The number of rotatable bonds is 4. The van der Waals surface area contributed by atoms with Crippen molar-refractivity contribution in [1.82, 2.24) is 4.98 Å². The zero-order valence-corrected chi connectivity index (χ0v) is 12.2. The molecule has 108 valence electrons. The minimum absolute atomic E-state index is 0.0330. The number of aromatic nitrogens is 1. The predicted molar refractivity (Wildman–Crippen MR) is 79.6 cm³/mol. The number of hydrogen-bond acceptors (Lipinski definition) is 4. The fraction of sp³-hybridized carbons (Fsp3) is 0.467. The molecule has 0 atom stereocenters. The minimum Gasteiger partial charge on any atom is -0.440 e. The van der Waals surface area contributed by atoms with Crippen molar-refractivity contribution in [3.8, 4) is 0 Å². The van der Waals surface area contributed by atoms with Crippen LogP contribution in [-0.2, 0) is 10.2 Å². The second-order valence-corrected chi connectivity index (χ2v) is 5.89. The Balaban J connectivity index is 2.19. The van der Waals surface area contributed by atoms with E-state index in [4.69, 9.17) is 10.2 Å². The highest BCUT2D eigenvalue weighted by Gasteiger charge is 2.20. The molecule has 0 spiro atoms. The van der Waals surface area contributed by atoms with Gasteiger partial charge in [0.2, 0.25) is 11.8 Å². The number of benzene rings is 1. The van der Waals surface area contributed by atoms with Crippen LogP contribution in [0.2, 0.25) is 0 Å². The van der Waals surface area contributed by atoms with Crippen LogP contribution < -0.4 is 11.1 Å². The molecule has 20 heavy (non-hydrogen) atoms. The highest BCUT2D eigenvalue weighted by molar-refractivity contribution is 5.92. The van der Waals surface area contributed by atoms with Crippen LogP contribution in [0.25, 0.3) is 11.1 Å². The van der Waals surface area contributed by atoms with Crippen molar-refractivity contribution in [2.75, 3.05) is 11.9 Å². The summed E-state index contributed by atoms with van der Waals surface area (Å²) in [5.41, 5.74) is 7.47. The van der Waals surface area contributed by atoms with Gasteiger partial charge in [0.1, 0.15) is 5.52 Å². The Morgan fingerprint density at radius 3 is 2.80 bits per heavy atom. The summed E-state index contributed by atoms with van der Waals surface area (Å²) in [6.45, 7) is 6.67. The summed E-state index contributed by atoms with van der Waals surface area (Å²) in [5.74, 6) is 0.661. The first-order valence-electron chi connectivity index (χ1n) is 6.81. The molecule has 0 unspecified atom stereocenters. The third-order valence-corrected chi connectivity index (χ3v) is 2.92. The topological polar surface area (TPSA) is 81.2 Å². The SMILES string of the molecule is CC(C)(C)c1nc2cc(NC(=O)CCCN)ccc2o1. The molecule has 0 radical (unpaired) electrons. The van der Waals surface area contributed by atoms with Gasteiger partial charge in [0.25, 0.3) is 0 Å². The van der Waals surface area contributed by atoms with Gasteiger partial charge in [-0.1, -0.05) is 20.8 Å². The number of amides is 1. The quantitative estimate of drug-likeness (QED) is 0.899. The number of nitrogens with two attached hydrogens (primary N) is 1. The zero-order valence-electron chi connectivity index (χ0n) is 12.2. The molecule has 3 N–H and O–H groups in total. The van der Waals surface area contributed by atoms with Gasteiger partial charge in [0.05, 0.1) is 0 Å². The van der Waals surface area contributed by atoms with E-state index >= 15 is 0 Å². The van der Waals surface area contributed by atoms with E-state index in [9.17, 15) is 4.79 Å². The van der Waals surface area contributed by atoms with Crippen LogP contribution in [-0.4, -0.2) is 17.4 Å². The number of nitrogens with one attached hydrogen (secondary N) is 1. The highest BCUT2D eigenvalue weighted by Crippen LogP contribution is 2.27. The van der Waals surface area contributed by atoms with Gasteiger partial charge in [-0.05, 0) is 31.2 Å². The zero-order chi connectivity index (χ0) is 14.8. The van der Waals surface area contributed by atoms with E-state index in [1.807, 2.05) is 39.0 Å². The molecule has 1 aromatic carbocycles. The van der Waals surface area contributed by atoms with Crippen molar-refractivity contribution in [1.29, 1.82) is 0 Å². The normalized spacial score (nSPS) is 11.8. The highest BCUT2D eigenvalue weighted by atomic mass is 16.3. The van der Waals surface area contributed by atoms with Gasteiger partial charge in [-0.3, -0.25) is 4.79 Å². The Morgan fingerprint density at radius 1 is 1.40 bits per heavy atom. The fourth-order valence-corrected chi connectivity index (χ4v) is 1.81. The van der Waals surface area contributed by atoms with E-state index in [0.717, 1.165) is 16.8 Å². The number of carbonyl (C=O) groups is 1. The summed E-state index contributed by atoms with van der Waals surface area (Å²) in [4.78, 5) is 16.1. The summed E-state index contributed by atoms with van der Waals surface area (Å²) >= 11 is 0. The molecule has 0 fully saturated rings. The number of oxazole rings is 1. The van der Waals surface area contributed by atoms with Crippen molar-refractivity contribution >= 4 is 22.7 Å². The average molecular weight is 275 g/mol. The fourth-order valence-electron chi connectivity index (χ4n) is 1.81. The van der Waals surface area contributed by atoms with Crippen molar-refractivity contribution in [2.45, 2.75) is 39.0 Å². The van der Waals surface area contributed by atoms with E-state index in [1.165, 1.54) is 0 Å². The van der Waals surface area contributed by atoms with Crippen LogP contribution >= 0.6 is 0 Å². The molecule has 5 heteroatoms. The van der Waals surface area contributed by atoms with Crippen LogP contribution in [0.5, 0.6) is 0 Å². The Labute approximate surface area is 118 Å². The van der Waals surface area contributed by atoms with Gasteiger partial charge < -0.3 is 15.5 Å². The maximum Gasteiger partial charge on any atom is 0.224 e. The molecular weight excluding hydrogens is 254 g/mol. The number of hydrogen-bond donors (Lipinski definition) is 2. The Kier molecular flexibility index (Phi) is 4.09. The van der Waals surface area contributed by atoms with Gasteiger partial charge in [-0.2, -0.15) is 0 Å². The largest absolute Gasteiger partial charge is 0.440 e. The van der Waals surface area contributed by atoms with E-state index in [2.05, 4.69) is 10.3 Å². The van der Waals surface area contributed by atoms with Crippen molar-refractivity contribution in [2.24, 2.45) is 5.73 Å². The maximum absolute atomic E-state index is 11.7. The molecule has 5 nitrogen and oxygen atoms in total. The van der Waals surface area contributed by atoms with Gasteiger partial charge in [-0.25, -0.2) is 4.98 Å². The van der Waals surface area contributed by atoms with Crippen LogP contribution in [0.15, 0.2) is 22.6 Å². The van der Waals surface area contributed by atoms with Crippen molar-refractivity contribution in [3.05, 3.63) is 24.1 Å². The summed E-state index contributed by atoms with van der Waals surface area (Å²) in [5, 5.41) is 2.84. The Morgan fingerprint density at radius 2 is 2.15 bits per heavy atom. The first-order valence-corrected chi connectivity index (χ1v) is 6.81. The van der Waals surface area contributed by atoms with Crippen LogP contribution in [0.4, 0.5) is 5.69 Å². The molecule has 2 rings (SSSR count). The van der Waals surface area contributed by atoms with Gasteiger partial charge in [0.15, 0.2) is 5.58 Å². The molecule has 0 saturated heterocycles. The molecule has 0 bridgehead atoms. The smallest absolute Gasteiger partial charge is 0.224 e. The van der Waals surface area contributed by atoms with Crippen LogP contribution in [0.1, 0.15) is 39.5 Å². The standard InChI is InChI=1S/C15H21N3O2/c1-15(2,3)14-18-11-9-10(6-7-12(11)20-14)17-13(19)5-4-8-16/h6-7,9H,4-5,8,16H2,1-3H3,(H,17,19). The monoisotopic (exact) mass is 275 g/mol. The maximum atomic E-state index is 11.7. The van der Waals surface area contributed by atoms with Crippen molar-refractivity contribution < 1.29 is 9.21 Å². The number of fused-ring (bicyclic) bond motifs is 1. The Bertz CT molecular complexity index is 611. The molecule has 1 aromatic heterocycles. The molecular formula is C15H21N3O2. The minimum atomic E-state index is -0.135. The second kappa shape index (κ2) is 5.63. The number of nitrogens with zero attached hydrogens (tertiary/aromatic N) is 1. The molecule has 0 saturated carbocycles. The van der Waals surface area contributed by atoms with Crippen LogP contribution in [0.3, 0.4) is 0 Å². The van der Waals surface area contributed by atoms with Crippen molar-refractivity contribution in [3.63, 3.8) is 0 Å². The van der Waals surface area contributed by atoms with E-state index in [0.29, 0.717) is 25.3 Å². The van der Waals surface area contributed by atoms with E-state index in [1.54, 1.807) is 0 Å². The molecule has 0 aliphatic carbocycles. The molecule has 0 aliphatic heterocycles. The lowest BCUT2D eigenvalue weighted by Gasteiger charge is -2.11. The van der Waals surface area contributed by atoms with Gasteiger partial charge in [-0.15, -0.1) is 0 Å². The lowest BCUT2D eigenvalue weighted by atomic mass is 9.97. The Hall–Kier alpha value is -1.88. The summed E-state index contributed by atoms with van der Waals surface area (Å²) in [6.07, 6.45) is 1.12. The third kappa shape index (κ3) is 3.36. The molecule has 2 aromatic rings. The molecule has 0 aliphatic rings. The number of anilines is 1. The van der Waals surface area contributed by atoms with Crippen LogP contribution in [0, 0.1) is 0 Å². The third-order valence-electron chi connectivity index (χ3n) is 2.92. The summed E-state index contributed by atoms with van der Waals surface area (Å²) < 4.78 is 5.72. The first kappa shape index (κ1) is 14.5. The second-order valence-electron chi connectivity index (χ2n) is 5.89. The summed E-state index contributed by atoms with van der Waals surface area (Å²) in [6, 6.07) is 5.48. The lowest BCUT2D eigenvalue weighted by Crippen LogP contribution is -2.13. The van der Waals surface area contributed by atoms with Gasteiger partial charge in [0, 0.05) is 17.5 Å².